The second kappa shape index (κ2) is 5.81. The van der Waals surface area contributed by atoms with E-state index >= 15 is 0 Å². The second-order valence-electron chi connectivity index (χ2n) is 3.39. The van der Waals surface area contributed by atoms with Crippen molar-refractivity contribution in [3.05, 3.63) is 33.2 Å². The van der Waals surface area contributed by atoms with Gasteiger partial charge >= 0.3 is 5.97 Å². The van der Waals surface area contributed by atoms with Crippen LogP contribution in [0.3, 0.4) is 0 Å². The number of aliphatic hydroxyl groups excluding tert-OH is 2. The summed E-state index contributed by atoms with van der Waals surface area (Å²) in [5.74, 6) is -0.685. The number of aromatic nitrogens is 1. The molecule has 1 rings (SSSR count). The van der Waals surface area contributed by atoms with Crippen LogP contribution in [0.2, 0.25) is 5.02 Å². The molecule has 0 aromatic carbocycles. The summed E-state index contributed by atoms with van der Waals surface area (Å²) >= 11 is 5.64. The molecule has 0 amide bonds. The van der Waals surface area contributed by atoms with E-state index in [0.717, 1.165) is 7.11 Å². The fourth-order valence-electron chi connectivity index (χ4n) is 1.27. The highest BCUT2D eigenvalue weighted by atomic mass is 35.5. The lowest BCUT2D eigenvalue weighted by molar-refractivity contribution is -0.144. The Kier molecular flexibility index (Phi) is 4.68. The Morgan fingerprint density at radius 3 is 2.82 bits per heavy atom. The number of rotatable bonds is 4. The van der Waals surface area contributed by atoms with Gasteiger partial charge in [0.15, 0.2) is 0 Å². The van der Waals surface area contributed by atoms with Crippen molar-refractivity contribution in [2.24, 2.45) is 0 Å². The van der Waals surface area contributed by atoms with E-state index in [4.69, 9.17) is 11.6 Å². The van der Waals surface area contributed by atoms with Gasteiger partial charge in [-0.3, -0.25) is 9.59 Å². The first-order valence-corrected chi connectivity index (χ1v) is 5.14. The van der Waals surface area contributed by atoms with E-state index < -0.39 is 30.2 Å². The average molecular weight is 262 g/mol. The number of H-pyrrole nitrogens is 1. The van der Waals surface area contributed by atoms with Gasteiger partial charge in [0.1, 0.15) is 6.10 Å². The zero-order chi connectivity index (χ0) is 13.0. The number of pyridine rings is 1. The number of esters is 1. The van der Waals surface area contributed by atoms with Crippen molar-refractivity contribution >= 4 is 17.6 Å². The van der Waals surface area contributed by atoms with Crippen molar-refractivity contribution in [2.45, 2.75) is 18.6 Å². The highest BCUT2D eigenvalue weighted by Crippen LogP contribution is 2.18. The molecule has 0 bridgehead atoms. The highest BCUT2D eigenvalue weighted by Gasteiger charge is 2.24. The number of hydrogen-bond acceptors (Lipinski definition) is 5. The Morgan fingerprint density at radius 2 is 2.24 bits per heavy atom. The smallest absolute Gasteiger partial charge is 0.308 e. The third-order valence-corrected chi connectivity index (χ3v) is 2.40. The van der Waals surface area contributed by atoms with Gasteiger partial charge in [-0.2, -0.15) is 0 Å². The zero-order valence-electron chi connectivity index (χ0n) is 9.01. The monoisotopic (exact) mass is 261 g/mol. The molecule has 7 heteroatoms. The molecular formula is C10H12ClNO5. The van der Waals surface area contributed by atoms with Crippen molar-refractivity contribution in [3.63, 3.8) is 0 Å². The molecule has 0 spiro atoms. The van der Waals surface area contributed by atoms with Gasteiger partial charge in [0, 0.05) is 11.8 Å². The maximum Gasteiger partial charge on any atom is 0.308 e. The van der Waals surface area contributed by atoms with Crippen LogP contribution < -0.4 is 5.56 Å². The maximum atomic E-state index is 11.4. The molecule has 94 valence electrons. The van der Waals surface area contributed by atoms with Gasteiger partial charge in [0.2, 0.25) is 0 Å². The molecule has 1 heterocycles. The molecule has 6 nitrogen and oxygen atoms in total. The first-order valence-electron chi connectivity index (χ1n) is 4.76. The number of ether oxygens (including phenoxy) is 1. The van der Waals surface area contributed by atoms with E-state index in [2.05, 4.69) is 9.72 Å². The Hall–Kier alpha value is -1.37. The van der Waals surface area contributed by atoms with E-state index in [1.54, 1.807) is 0 Å². The number of nitrogens with one attached hydrogen (secondary N) is 1. The van der Waals surface area contributed by atoms with Gasteiger partial charge in [-0.1, -0.05) is 11.6 Å². The summed E-state index contributed by atoms with van der Waals surface area (Å²) in [4.78, 5) is 24.6. The van der Waals surface area contributed by atoms with Gasteiger partial charge in [0.25, 0.3) is 5.56 Å². The van der Waals surface area contributed by atoms with E-state index in [9.17, 15) is 19.8 Å². The lowest BCUT2D eigenvalue weighted by atomic mass is 10.0. The summed E-state index contributed by atoms with van der Waals surface area (Å²) in [6.07, 6.45) is -2.09. The third-order valence-electron chi connectivity index (χ3n) is 2.18. The molecule has 0 saturated heterocycles. The van der Waals surface area contributed by atoms with Crippen LogP contribution in [0.15, 0.2) is 17.1 Å². The van der Waals surface area contributed by atoms with Crippen molar-refractivity contribution in [2.75, 3.05) is 7.11 Å². The van der Waals surface area contributed by atoms with E-state index in [1.807, 2.05) is 0 Å². The summed E-state index contributed by atoms with van der Waals surface area (Å²) in [5.41, 5.74) is -0.681. The number of halogens is 1. The SMILES string of the molecule is COC(=O)CC(O)C(O)c1cc(Cl)c[nH]c1=O. The zero-order valence-corrected chi connectivity index (χ0v) is 9.77. The first-order chi connectivity index (χ1) is 7.95. The topological polar surface area (TPSA) is 99.6 Å². The quantitative estimate of drug-likeness (QED) is 0.662. The molecule has 2 unspecified atom stereocenters. The van der Waals surface area contributed by atoms with Gasteiger partial charge in [-0.15, -0.1) is 0 Å². The van der Waals surface area contributed by atoms with Crippen molar-refractivity contribution in [1.82, 2.24) is 4.98 Å². The molecular weight excluding hydrogens is 250 g/mol. The second-order valence-corrected chi connectivity index (χ2v) is 3.83. The summed E-state index contributed by atoms with van der Waals surface area (Å²) in [6, 6.07) is 1.23. The van der Waals surface area contributed by atoms with Gasteiger partial charge in [-0.25, -0.2) is 0 Å². The number of methoxy groups -OCH3 is 1. The fraction of sp³-hybridized carbons (Fsp3) is 0.400. The summed E-state index contributed by atoms with van der Waals surface area (Å²) in [6.45, 7) is 0. The summed E-state index contributed by atoms with van der Waals surface area (Å²) in [7, 11) is 1.16. The Bertz CT molecular complexity index is 458. The first kappa shape index (κ1) is 13.7. The van der Waals surface area contributed by atoms with Crippen LogP contribution in [0, 0.1) is 0 Å². The summed E-state index contributed by atoms with van der Waals surface area (Å²) in [5, 5.41) is 19.5. The molecule has 2 atom stereocenters. The molecule has 0 radical (unpaired) electrons. The molecule has 0 aliphatic rings. The largest absolute Gasteiger partial charge is 0.469 e. The number of hydrogen-bond donors (Lipinski definition) is 3. The van der Waals surface area contributed by atoms with E-state index in [0.29, 0.717) is 0 Å². The minimum Gasteiger partial charge on any atom is -0.469 e. The Morgan fingerprint density at radius 1 is 1.59 bits per heavy atom. The third kappa shape index (κ3) is 3.55. The normalized spacial score (nSPS) is 14.1. The van der Waals surface area contributed by atoms with Crippen LogP contribution in [0.4, 0.5) is 0 Å². The van der Waals surface area contributed by atoms with Crippen LogP contribution in [-0.4, -0.2) is 34.4 Å². The molecule has 3 N–H and O–H groups in total. The molecule has 0 aliphatic carbocycles. The lowest BCUT2D eigenvalue weighted by Gasteiger charge is -2.16. The molecule has 1 aromatic rings. The predicted octanol–water partition coefficient (Wildman–Crippen LogP) is -0.0143. The number of aromatic amines is 1. The molecule has 1 aromatic heterocycles. The van der Waals surface area contributed by atoms with Gasteiger partial charge in [-0.05, 0) is 6.07 Å². The van der Waals surface area contributed by atoms with Crippen molar-refractivity contribution in [1.29, 1.82) is 0 Å². The van der Waals surface area contributed by atoms with Crippen molar-refractivity contribution < 1.29 is 19.7 Å². The fourth-order valence-corrected chi connectivity index (χ4v) is 1.44. The minimum absolute atomic E-state index is 0.103. The molecule has 0 fully saturated rings. The van der Waals surface area contributed by atoms with E-state index in [1.165, 1.54) is 12.3 Å². The van der Waals surface area contributed by atoms with Crippen LogP contribution in [-0.2, 0) is 9.53 Å². The average Bonchev–Trinajstić information content (AvgIpc) is 2.31. The number of aliphatic hydroxyl groups is 2. The summed E-state index contributed by atoms with van der Waals surface area (Å²) < 4.78 is 4.34. The Labute approximate surface area is 102 Å². The molecule has 17 heavy (non-hydrogen) atoms. The van der Waals surface area contributed by atoms with Gasteiger partial charge in [0.05, 0.1) is 24.7 Å². The van der Waals surface area contributed by atoms with Crippen LogP contribution >= 0.6 is 11.6 Å². The minimum atomic E-state index is -1.50. The number of carbonyl (C=O) groups excluding carboxylic acids is 1. The standard InChI is InChI=1S/C10H12ClNO5/c1-17-8(14)3-7(13)9(15)6-2-5(11)4-12-10(6)16/h2,4,7,9,13,15H,3H2,1H3,(H,12,16). The van der Waals surface area contributed by atoms with Crippen LogP contribution in [0.5, 0.6) is 0 Å². The molecule has 0 aliphatic heterocycles. The van der Waals surface area contributed by atoms with Crippen molar-refractivity contribution in [3.8, 4) is 0 Å². The lowest BCUT2D eigenvalue weighted by Crippen LogP contribution is -2.27. The maximum absolute atomic E-state index is 11.4. The van der Waals surface area contributed by atoms with Crippen LogP contribution in [0.25, 0.3) is 0 Å². The highest BCUT2D eigenvalue weighted by molar-refractivity contribution is 6.30. The Balaban J connectivity index is 2.88. The molecule has 0 saturated carbocycles. The van der Waals surface area contributed by atoms with Gasteiger partial charge < -0.3 is 19.9 Å². The van der Waals surface area contributed by atoms with Crippen LogP contribution in [0.1, 0.15) is 18.1 Å². The number of carbonyl (C=O) groups is 1. The predicted molar refractivity (Wildman–Crippen MR) is 59.7 cm³/mol. The van der Waals surface area contributed by atoms with E-state index in [-0.39, 0.29) is 10.6 Å².